The van der Waals surface area contributed by atoms with Crippen LogP contribution >= 0.6 is 0 Å². The van der Waals surface area contributed by atoms with Gasteiger partial charge in [-0.2, -0.15) is 0 Å². The summed E-state index contributed by atoms with van der Waals surface area (Å²) in [4.78, 5) is 30.3. The molecule has 0 unspecified atom stereocenters. The quantitative estimate of drug-likeness (QED) is 0.301. The topological polar surface area (TPSA) is 92.3 Å². The molecule has 0 bridgehead atoms. The van der Waals surface area contributed by atoms with E-state index in [1.54, 1.807) is 45.5 Å². The molecule has 8 nitrogen and oxygen atoms in total. The van der Waals surface area contributed by atoms with E-state index in [2.05, 4.69) is 15.6 Å². The van der Waals surface area contributed by atoms with E-state index in [1.807, 2.05) is 18.2 Å². The molecule has 2 amide bonds. The van der Waals surface area contributed by atoms with Crippen LogP contribution < -0.4 is 20.1 Å². The molecule has 158 valence electrons. The van der Waals surface area contributed by atoms with Crippen molar-refractivity contribution in [2.24, 2.45) is 4.99 Å². The number of amides is 2. The second-order valence-electron chi connectivity index (χ2n) is 6.71. The van der Waals surface area contributed by atoms with Gasteiger partial charge in [0, 0.05) is 31.9 Å². The number of imide groups is 1. The van der Waals surface area contributed by atoms with Crippen LogP contribution in [-0.4, -0.2) is 57.0 Å². The fraction of sp³-hybridized carbons (Fsp3) is 0.318. The third-order valence-electron chi connectivity index (χ3n) is 4.85. The van der Waals surface area contributed by atoms with Crippen molar-refractivity contribution in [3.05, 3.63) is 53.6 Å². The molecule has 2 aromatic carbocycles. The molecule has 0 saturated heterocycles. The first kappa shape index (κ1) is 21.2. The molecule has 0 radical (unpaired) electrons. The van der Waals surface area contributed by atoms with Gasteiger partial charge in [-0.15, -0.1) is 0 Å². The fourth-order valence-corrected chi connectivity index (χ4v) is 3.27. The molecule has 0 fully saturated rings. The summed E-state index contributed by atoms with van der Waals surface area (Å²) in [6, 6.07) is 12.5. The maximum absolute atomic E-state index is 12.4. The molecule has 1 aliphatic heterocycles. The molecule has 0 aromatic heterocycles. The molecule has 0 saturated carbocycles. The number of methoxy groups -OCH3 is 2. The van der Waals surface area contributed by atoms with Crippen molar-refractivity contribution < 1.29 is 19.1 Å². The average Bonchev–Trinajstić information content (AvgIpc) is 3.02. The molecule has 0 aliphatic carbocycles. The summed E-state index contributed by atoms with van der Waals surface area (Å²) in [5.74, 6) is 1.46. The number of anilines is 1. The Morgan fingerprint density at radius 3 is 2.23 bits per heavy atom. The molecule has 8 heteroatoms. The van der Waals surface area contributed by atoms with Gasteiger partial charge >= 0.3 is 0 Å². The van der Waals surface area contributed by atoms with Crippen molar-refractivity contribution in [3.63, 3.8) is 0 Å². The van der Waals surface area contributed by atoms with Crippen molar-refractivity contribution in [1.29, 1.82) is 0 Å². The van der Waals surface area contributed by atoms with Gasteiger partial charge in [0.15, 0.2) is 17.5 Å². The number of fused-ring (bicyclic) bond motifs is 1. The van der Waals surface area contributed by atoms with E-state index < -0.39 is 0 Å². The van der Waals surface area contributed by atoms with Crippen LogP contribution in [0.3, 0.4) is 0 Å². The number of rotatable bonds is 8. The smallest absolute Gasteiger partial charge is 0.261 e. The Labute approximate surface area is 175 Å². The van der Waals surface area contributed by atoms with Crippen LogP contribution in [0.4, 0.5) is 5.69 Å². The van der Waals surface area contributed by atoms with Crippen LogP contribution in [0.15, 0.2) is 47.5 Å². The first-order chi connectivity index (χ1) is 14.6. The molecular formula is C22H26N4O4. The summed E-state index contributed by atoms with van der Waals surface area (Å²) in [5.41, 5.74) is 1.78. The van der Waals surface area contributed by atoms with Gasteiger partial charge in [-0.05, 0) is 37.1 Å². The molecular weight excluding hydrogens is 384 g/mol. The third-order valence-corrected chi connectivity index (χ3v) is 4.85. The van der Waals surface area contributed by atoms with Crippen molar-refractivity contribution >= 4 is 23.5 Å². The van der Waals surface area contributed by atoms with Gasteiger partial charge in [0.05, 0.1) is 25.3 Å². The van der Waals surface area contributed by atoms with Gasteiger partial charge in [0.1, 0.15) is 0 Å². The number of aliphatic imine (C=N–C) groups is 1. The van der Waals surface area contributed by atoms with Crippen LogP contribution in [0.25, 0.3) is 0 Å². The highest BCUT2D eigenvalue weighted by Crippen LogP contribution is 2.29. The Morgan fingerprint density at radius 1 is 0.967 bits per heavy atom. The van der Waals surface area contributed by atoms with Crippen molar-refractivity contribution in [2.75, 3.05) is 39.7 Å². The van der Waals surface area contributed by atoms with Gasteiger partial charge in [-0.1, -0.05) is 12.1 Å². The predicted octanol–water partition coefficient (Wildman–Crippen LogP) is 2.77. The largest absolute Gasteiger partial charge is 0.493 e. The first-order valence-electron chi connectivity index (χ1n) is 9.74. The minimum Gasteiger partial charge on any atom is -0.493 e. The number of nitrogens with one attached hydrogen (secondary N) is 2. The van der Waals surface area contributed by atoms with Crippen LogP contribution in [0, 0.1) is 0 Å². The van der Waals surface area contributed by atoms with Crippen LogP contribution in [0.1, 0.15) is 33.6 Å². The Bertz CT molecular complexity index is 923. The number of nitrogens with zero attached hydrogens (tertiary/aromatic N) is 2. The zero-order valence-electron chi connectivity index (χ0n) is 17.4. The van der Waals surface area contributed by atoms with E-state index >= 15 is 0 Å². The molecule has 1 heterocycles. The number of carbonyl (C=O) groups is 2. The standard InChI is InChI=1S/C22H26N4O4/c1-23-22(25-15-10-11-18(29-2)19(14-15)30-3)24-12-6-7-13-26-20(27)16-8-4-5-9-17(16)21(26)28/h4-5,8-11,14H,6-7,12-13H2,1-3H3,(H2,23,24,25). The summed E-state index contributed by atoms with van der Waals surface area (Å²) < 4.78 is 10.6. The van der Waals surface area contributed by atoms with E-state index in [0.29, 0.717) is 48.1 Å². The second kappa shape index (κ2) is 9.78. The van der Waals surface area contributed by atoms with Crippen molar-refractivity contribution in [3.8, 4) is 11.5 Å². The van der Waals surface area contributed by atoms with Crippen molar-refractivity contribution in [1.82, 2.24) is 10.2 Å². The van der Waals surface area contributed by atoms with E-state index in [0.717, 1.165) is 12.1 Å². The summed E-state index contributed by atoms with van der Waals surface area (Å²) in [5, 5.41) is 6.42. The van der Waals surface area contributed by atoms with Gasteiger partial charge in [-0.25, -0.2) is 0 Å². The van der Waals surface area contributed by atoms with E-state index in [1.165, 1.54) is 4.90 Å². The molecule has 2 aromatic rings. The number of ether oxygens (including phenoxy) is 2. The number of hydrogen-bond donors (Lipinski definition) is 2. The van der Waals surface area contributed by atoms with Gasteiger partial charge in [0.2, 0.25) is 0 Å². The molecule has 2 N–H and O–H groups in total. The lowest BCUT2D eigenvalue weighted by Gasteiger charge is -2.15. The maximum atomic E-state index is 12.4. The van der Waals surface area contributed by atoms with Crippen LogP contribution in [0.5, 0.6) is 11.5 Å². The molecule has 0 atom stereocenters. The van der Waals surface area contributed by atoms with Gasteiger partial charge < -0.3 is 20.1 Å². The molecule has 3 rings (SSSR count). The zero-order chi connectivity index (χ0) is 21.5. The average molecular weight is 410 g/mol. The SMILES string of the molecule is CN=C(NCCCCN1C(=O)c2ccccc2C1=O)Nc1ccc(OC)c(OC)c1. The first-order valence-corrected chi connectivity index (χ1v) is 9.74. The number of unbranched alkanes of at least 4 members (excludes halogenated alkanes) is 1. The Hall–Kier alpha value is -3.55. The highest BCUT2D eigenvalue weighted by molar-refractivity contribution is 6.21. The summed E-state index contributed by atoms with van der Waals surface area (Å²) >= 11 is 0. The Balaban J connectivity index is 1.45. The minimum atomic E-state index is -0.213. The van der Waals surface area contributed by atoms with Gasteiger partial charge in [0.25, 0.3) is 11.8 Å². The molecule has 1 aliphatic rings. The van der Waals surface area contributed by atoms with Crippen LogP contribution in [-0.2, 0) is 0 Å². The number of carbonyl (C=O) groups excluding carboxylic acids is 2. The summed E-state index contributed by atoms with van der Waals surface area (Å²) in [6.45, 7) is 1.05. The lowest BCUT2D eigenvalue weighted by Crippen LogP contribution is -2.33. The zero-order valence-corrected chi connectivity index (χ0v) is 17.4. The Kier molecular flexibility index (Phi) is 6.90. The normalized spacial score (nSPS) is 13.3. The highest BCUT2D eigenvalue weighted by Gasteiger charge is 2.34. The van der Waals surface area contributed by atoms with E-state index in [-0.39, 0.29) is 11.8 Å². The third kappa shape index (κ3) is 4.53. The lowest BCUT2D eigenvalue weighted by molar-refractivity contribution is 0.0652. The fourth-order valence-electron chi connectivity index (χ4n) is 3.27. The summed E-state index contributed by atoms with van der Waals surface area (Å²) in [7, 11) is 4.87. The van der Waals surface area contributed by atoms with E-state index in [9.17, 15) is 9.59 Å². The summed E-state index contributed by atoms with van der Waals surface area (Å²) in [6.07, 6.45) is 1.48. The predicted molar refractivity (Wildman–Crippen MR) is 116 cm³/mol. The minimum absolute atomic E-state index is 0.213. The molecule has 0 spiro atoms. The second-order valence-corrected chi connectivity index (χ2v) is 6.71. The maximum Gasteiger partial charge on any atom is 0.261 e. The highest BCUT2D eigenvalue weighted by atomic mass is 16.5. The number of hydrogen-bond acceptors (Lipinski definition) is 5. The van der Waals surface area contributed by atoms with Gasteiger partial charge in [-0.3, -0.25) is 19.5 Å². The number of guanidine groups is 1. The molecule has 30 heavy (non-hydrogen) atoms. The van der Waals surface area contributed by atoms with Crippen molar-refractivity contribution in [2.45, 2.75) is 12.8 Å². The number of benzene rings is 2. The monoisotopic (exact) mass is 410 g/mol. The Morgan fingerprint density at radius 2 is 1.63 bits per heavy atom. The van der Waals surface area contributed by atoms with E-state index in [4.69, 9.17) is 9.47 Å². The van der Waals surface area contributed by atoms with Crippen LogP contribution in [0.2, 0.25) is 0 Å². The lowest BCUT2D eigenvalue weighted by atomic mass is 10.1.